The van der Waals surface area contributed by atoms with E-state index in [2.05, 4.69) is 11.9 Å². The van der Waals surface area contributed by atoms with Crippen molar-refractivity contribution in [1.82, 2.24) is 4.90 Å². The lowest BCUT2D eigenvalue weighted by Crippen LogP contribution is -2.45. The highest BCUT2D eigenvalue weighted by Gasteiger charge is 2.35. The van der Waals surface area contributed by atoms with Crippen molar-refractivity contribution in [3.63, 3.8) is 0 Å². The maximum absolute atomic E-state index is 9.54. The molecule has 3 atom stereocenters. The molecular weight excluding hydrogens is 252 g/mol. The number of benzene rings is 1. The highest BCUT2D eigenvalue weighted by atomic mass is 16.5. The van der Waals surface area contributed by atoms with Crippen LogP contribution in [0.25, 0.3) is 0 Å². The van der Waals surface area contributed by atoms with Gasteiger partial charge in [-0.15, -0.1) is 0 Å². The van der Waals surface area contributed by atoms with E-state index in [0.717, 1.165) is 12.3 Å². The van der Waals surface area contributed by atoms with E-state index in [-0.39, 0.29) is 11.8 Å². The van der Waals surface area contributed by atoms with Crippen LogP contribution < -0.4 is 10.5 Å². The first kappa shape index (κ1) is 13.7. The highest BCUT2D eigenvalue weighted by Crippen LogP contribution is 2.40. The monoisotopic (exact) mass is 276 g/mol. The predicted octanol–water partition coefficient (Wildman–Crippen LogP) is 2.27. The molecule has 0 amide bonds. The van der Waals surface area contributed by atoms with Crippen molar-refractivity contribution in [1.29, 1.82) is 0 Å². The van der Waals surface area contributed by atoms with E-state index in [1.54, 1.807) is 12.1 Å². The van der Waals surface area contributed by atoms with Crippen molar-refractivity contribution in [3.05, 3.63) is 23.8 Å². The summed E-state index contributed by atoms with van der Waals surface area (Å²) in [6, 6.07) is 6.27. The zero-order valence-corrected chi connectivity index (χ0v) is 12.1. The van der Waals surface area contributed by atoms with Crippen LogP contribution in [-0.4, -0.2) is 36.2 Å². The van der Waals surface area contributed by atoms with Crippen LogP contribution >= 0.6 is 0 Å². The first-order valence-corrected chi connectivity index (χ1v) is 7.58. The van der Waals surface area contributed by atoms with Gasteiger partial charge in [0.2, 0.25) is 0 Å². The third kappa shape index (κ3) is 2.38. The minimum absolute atomic E-state index is 0.268. The highest BCUT2D eigenvalue weighted by molar-refractivity contribution is 5.44. The van der Waals surface area contributed by atoms with Crippen molar-refractivity contribution in [2.24, 2.45) is 11.7 Å². The second kappa shape index (κ2) is 5.62. The molecule has 1 aliphatic carbocycles. The molecule has 0 aromatic heterocycles. The van der Waals surface area contributed by atoms with Crippen molar-refractivity contribution < 1.29 is 9.84 Å². The Morgan fingerprint density at radius 3 is 2.95 bits per heavy atom. The summed E-state index contributed by atoms with van der Waals surface area (Å²) in [7, 11) is 2.19. The SMILES string of the molecule is CN(C1COc2cc(O)ccc21)C1CCCCC1CN. The van der Waals surface area contributed by atoms with E-state index in [9.17, 15) is 5.11 Å². The fourth-order valence-electron chi connectivity index (χ4n) is 3.75. The third-order valence-electron chi connectivity index (χ3n) is 4.94. The Morgan fingerprint density at radius 1 is 1.35 bits per heavy atom. The van der Waals surface area contributed by atoms with Crippen LogP contribution in [-0.2, 0) is 0 Å². The lowest BCUT2D eigenvalue weighted by atomic mass is 9.83. The Bertz CT molecular complexity index is 478. The van der Waals surface area contributed by atoms with Crippen LogP contribution in [0, 0.1) is 5.92 Å². The quantitative estimate of drug-likeness (QED) is 0.889. The number of rotatable bonds is 3. The van der Waals surface area contributed by atoms with Crippen LogP contribution in [0.3, 0.4) is 0 Å². The molecule has 3 unspecified atom stereocenters. The lowest BCUT2D eigenvalue weighted by molar-refractivity contribution is 0.0800. The van der Waals surface area contributed by atoms with Crippen LogP contribution in [0.4, 0.5) is 0 Å². The summed E-state index contributed by atoms with van der Waals surface area (Å²) in [5.41, 5.74) is 7.14. The summed E-state index contributed by atoms with van der Waals surface area (Å²) in [5, 5.41) is 9.54. The van der Waals surface area contributed by atoms with Gasteiger partial charge in [0.15, 0.2) is 0 Å². The fraction of sp³-hybridized carbons (Fsp3) is 0.625. The fourth-order valence-corrected chi connectivity index (χ4v) is 3.75. The Kier molecular flexibility index (Phi) is 3.85. The third-order valence-corrected chi connectivity index (χ3v) is 4.94. The maximum atomic E-state index is 9.54. The average Bonchev–Trinajstić information content (AvgIpc) is 2.89. The molecule has 2 aliphatic rings. The number of phenols is 1. The zero-order chi connectivity index (χ0) is 14.1. The molecule has 1 fully saturated rings. The van der Waals surface area contributed by atoms with Gasteiger partial charge in [0.25, 0.3) is 0 Å². The van der Waals surface area contributed by atoms with Gasteiger partial charge in [0.05, 0.1) is 6.04 Å². The number of phenolic OH excluding ortho intramolecular Hbond substituents is 1. The van der Waals surface area contributed by atoms with Gasteiger partial charge in [-0.2, -0.15) is 0 Å². The van der Waals surface area contributed by atoms with Crippen molar-refractivity contribution in [2.75, 3.05) is 20.2 Å². The Balaban J connectivity index is 1.80. The average molecular weight is 276 g/mol. The van der Waals surface area contributed by atoms with Crippen LogP contribution in [0.1, 0.15) is 37.3 Å². The molecule has 1 aromatic carbocycles. The number of fused-ring (bicyclic) bond motifs is 1. The minimum Gasteiger partial charge on any atom is -0.508 e. The molecule has 0 radical (unpaired) electrons. The molecule has 4 nitrogen and oxygen atoms in total. The summed E-state index contributed by atoms with van der Waals surface area (Å²) in [6.45, 7) is 1.44. The molecule has 3 N–H and O–H groups in total. The van der Waals surface area contributed by atoms with Gasteiger partial charge >= 0.3 is 0 Å². The van der Waals surface area contributed by atoms with E-state index >= 15 is 0 Å². The molecule has 4 heteroatoms. The molecule has 0 saturated heterocycles. The Labute approximate surface area is 120 Å². The van der Waals surface area contributed by atoms with Crippen molar-refractivity contribution in [3.8, 4) is 11.5 Å². The van der Waals surface area contributed by atoms with E-state index in [4.69, 9.17) is 10.5 Å². The molecule has 3 rings (SSSR count). The number of hydrogen-bond donors (Lipinski definition) is 2. The molecule has 0 spiro atoms. The number of nitrogens with zero attached hydrogens (tertiary/aromatic N) is 1. The van der Waals surface area contributed by atoms with Gasteiger partial charge in [0, 0.05) is 17.7 Å². The molecule has 1 saturated carbocycles. The molecular formula is C16H24N2O2. The standard InChI is InChI=1S/C16H24N2O2/c1-18(14-5-3-2-4-11(14)9-17)15-10-20-16-8-12(19)6-7-13(15)16/h6-8,11,14-15,19H,2-5,9-10,17H2,1H3. The van der Waals surface area contributed by atoms with Crippen molar-refractivity contribution in [2.45, 2.75) is 37.8 Å². The Morgan fingerprint density at radius 2 is 2.15 bits per heavy atom. The lowest BCUT2D eigenvalue weighted by Gasteiger charge is -2.40. The first-order chi connectivity index (χ1) is 9.70. The largest absolute Gasteiger partial charge is 0.508 e. The maximum Gasteiger partial charge on any atom is 0.127 e. The van der Waals surface area contributed by atoms with Gasteiger partial charge in [-0.3, -0.25) is 4.90 Å². The van der Waals surface area contributed by atoms with Gasteiger partial charge in [0.1, 0.15) is 18.1 Å². The molecule has 1 aliphatic heterocycles. The van der Waals surface area contributed by atoms with Gasteiger partial charge in [-0.1, -0.05) is 12.8 Å². The topological polar surface area (TPSA) is 58.7 Å². The van der Waals surface area contributed by atoms with E-state index in [1.165, 1.54) is 31.2 Å². The summed E-state index contributed by atoms with van der Waals surface area (Å²) in [6.07, 6.45) is 5.06. The normalized spacial score (nSPS) is 29.2. The smallest absolute Gasteiger partial charge is 0.127 e. The van der Waals surface area contributed by atoms with E-state index in [1.807, 2.05) is 6.07 Å². The van der Waals surface area contributed by atoms with Crippen molar-refractivity contribution >= 4 is 0 Å². The molecule has 1 aromatic rings. The number of likely N-dealkylation sites (N-methyl/N-ethyl adjacent to an activating group) is 1. The first-order valence-electron chi connectivity index (χ1n) is 7.58. The number of ether oxygens (including phenoxy) is 1. The molecule has 110 valence electrons. The molecule has 20 heavy (non-hydrogen) atoms. The van der Waals surface area contributed by atoms with Gasteiger partial charge < -0.3 is 15.6 Å². The van der Waals surface area contributed by atoms with Crippen LogP contribution in [0.2, 0.25) is 0 Å². The van der Waals surface area contributed by atoms with Crippen LogP contribution in [0.15, 0.2) is 18.2 Å². The van der Waals surface area contributed by atoms with E-state index < -0.39 is 0 Å². The Hall–Kier alpha value is -1.26. The molecule has 1 heterocycles. The summed E-state index contributed by atoms with van der Waals surface area (Å²) < 4.78 is 5.74. The van der Waals surface area contributed by atoms with Gasteiger partial charge in [-0.05, 0) is 44.5 Å². The van der Waals surface area contributed by atoms with Crippen LogP contribution in [0.5, 0.6) is 11.5 Å². The van der Waals surface area contributed by atoms with E-state index in [0.29, 0.717) is 18.6 Å². The number of nitrogens with two attached hydrogens (primary N) is 1. The molecule has 0 bridgehead atoms. The number of aromatic hydroxyl groups is 1. The summed E-state index contributed by atoms with van der Waals surface area (Å²) in [4.78, 5) is 2.44. The summed E-state index contributed by atoms with van der Waals surface area (Å²) >= 11 is 0. The van der Waals surface area contributed by atoms with Gasteiger partial charge in [-0.25, -0.2) is 0 Å². The summed E-state index contributed by atoms with van der Waals surface area (Å²) in [5.74, 6) is 1.68. The predicted molar refractivity (Wildman–Crippen MR) is 78.9 cm³/mol. The number of hydrogen-bond acceptors (Lipinski definition) is 4. The second-order valence-corrected chi connectivity index (χ2v) is 6.06. The second-order valence-electron chi connectivity index (χ2n) is 6.06. The zero-order valence-electron chi connectivity index (χ0n) is 12.1. The minimum atomic E-state index is 0.268.